The van der Waals surface area contributed by atoms with Crippen molar-refractivity contribution in [1.82, 2.24) is 49.8 Å². The first kappa shape index (κ1) is 103. The third kappa shape index (κ3) is 55.8. The predicted octanol–water partition coefficient (Wildman–Crippen LogP) is 19.0. The number of nitrogens with one attached hydrogen (secondary N) is 2. The Morgan fingerprint density at radius 3 is 0.802 bits per heavy atom. The highest BCUT2D eigenvalue weighted by Crippen LogP contribution is 2.38. The summed E-state index contributed by atoms with van der Waals surface area (Å²) in [5.41, 5.74) is 3.71. The van der Waals surface area contributed by atoms with Crippen molar-refractivity contribution in [3.63, 3.8) is 0 Å². The van der Waals surface area contributed by atoms with Crippen LogP contribution in [0.1, 0.15) is 307 Å². The highest BCUT2D eigenvalue weighted by molar-refractivity contribution is 4.88. The summed E-state index contributed by atoms with van der Waals surface area (Å²) in [6, 6.07) is 0. The van der Waals surface area contributed by atoms with E-state index in [2.05, 4.69) is 299 Å². The van der Waals surface area contributed by atoms with E-state index in [-0.39, 0.29) is 27.8 Å². The first-order valence-corrected chi connectivity index (χ1v) is 43.8. The summed E-state index contributed by atoms with van der Waals surface area (Å²) >= 11 is 0. The molecule has 0 saturated carbocycles. The van der Waals surface area contributed by atoms with Crippen LogP contribution in [-0.2, 0) is 18.9 Å². The van der Waals surface area contributed by atoms with Gasteiger partial charge in [-0.05, 0) is 282 Å². The van der Waals surface area contributed by atoms with E-state index in [0.29, 0.717) is 38.0 Å². The molecular formula is C92H194N10O4. The summed E-state index contributed by atoms with van der Waals surface area (Å²) in [6.45, 7) is 117. The minimum atomic E-state index is -0.0216. The van der Waals surface area contributed by atoms with Crippen molar-refractivity contribution in [1.29, 1.82) is 0 Å². The van der Waals surface area contributed by atoms with Gasteiger partial charge in [-0.25, -0.2) is 0 Å². The van der Waals surface area contributed by atoms with Crippen LogP contribution in [-0.4, -0.2) is 270 Å². The van der Waals surface area contributed by atoms with E-state index in [0.717, 1.165) is 129 Å². The number of likely N-dealkylation sites (tertiary alicyclic amines) is 4. The van der Waals surface area contributed by atoms with E-state index < -0.39 is 0 Å². The largest absolute Gasteiger partial charge is 0.380 e. The zero-order valence-electron chi connectivity index (χ0n) is 78.8. The Labute approximate surface area is 665 Å². The van der Waals surface area contributed by atoms with Gasteiger partial charge in [0.15, 0.2) is 0 Å². The summed E-state index contributed by atoms with van der Waals surface area (Å²) in [5, 5.41) is 7.13. The van der Waals surface area contributed by atoms with Gasteiger partial charge in [0.2, 0.25) is 0 Å². The van der Waals surface area contributed by atoms with Crippen molar-refractivity contribution >= 4 is 0 Å². The maximum absolute atomic E-state index is 5.80. The van der Waals surface area contributed by atoms with Crippen molar-refractivity contribution in [2.75, 3.05) is 203 Å². The van der Waals surface area contributed by atoms with Crippen molar-refractivity contribution in [2.45, 2.75) is 335 Å². The van der Waals surface area contributed by atoms with Gasteiger partial charge in [0.1, 0.15) is 0 Å². The molecule has 0 unspecified atom stereocenters. The van der Waals surface area contributed by atoms with Crippen molar-refractivity contribution in [3.05, 3.63) is 0 Å². The van der Waals surface area contributed by atoms with Gasteiger partial charge in [-0.15, -0.1) is 0 Å². The molecular weight excluding hydrogens is 1310 g/mol. The Balaban J connectivity index is 0.000000639. The van der Waals surface area contributed by atoms with Crippen LogP contribution < -0.4 is 10.6 Å². The molecule has 0 spiro atoms. The van der Waals surface area contributed by atoms with Gasteiger partial charge in [0.05, 0.1) is 49.8 Å². The fourth-order valence-corrected chi connectivity index (χ4v) is 14.8. The minimum Gasteiger partial charge on any atom is -0.380 e. The summed E-state index contributed by atoms with van der Waals surface area (Å²) in [7, 11) is 0. The van der Waals surface area contributed by atoms with Crippen LogP contribution in [0, 0.1) is 61.6 Å². The Hall–Kier alpha value is -0.560. The van der Waals surface area contributed by atoms with Crippen molar-refractivity contribution < 1.29 is 18.9 Å². The maximum atomic E-state index is 5.80. The third-order valence-corrected chi connectivity index (χ3v) is 22.5. The standard InChI is InChI=1S/C17H37N3O.C17H36N2O2.C15H32N2.C15H31NO.C15H31N.C13H27N/c1-16(2,3)15-18-7-8-19-9-11-20(12-10-19)13-14-21-17(4,5)6;1-16(2,3)15-20-13-11-18-7-9-19(10-8-18)12-14-21-17(4,5)6;1-14(2,3)13-7-10-17(11-8-13)12-9-16-15(4,5)6;1-14(2,3)13-7-9-16(10-8-13)11-12-17-15(4,5)6;1-14(2,3)9-12-16-10-7-13(8-11-16)15(4,5)6;1-12(2,3)11-7-9-14(10-8-11)13(4,5)6/h18H,7-15H2,1-6H3;7-15H2,1-6H3;13,16H,7-12H2,1-6H3;13H,7-12H2,1-6H3;13H,7-12H2,1-6H3;11H,7-10H2,1-6H3. The van der Waals surface area contributed by atoms with E-state index in [4.69, 9.17) is 18.9 Å². The molecule has 6 saturated heterocycles. The molecule has 2 N–H and O–H groups in total. The SMILES string of the molecule is CC(C)(C)C1CCN(C(C)(C)C)CC1.CC(C)(C)CCN1CCC(C(C)(C)C)CC1.CC(C)(C)CNCCN1CCN(CCOC(C)(C)C)CC1.CC(C)(C)COCCN1CCN(CCOC(C)(C)C)CC1.CC(C)(C)NCCN1CCC(C(C)(C)C)CC1.CC(C)(C)OCCN1CCC(C(C)(C)C)CC1. The number of piperazine rings is 2. The zero-order chi connectivity index (χ0) is 81.5. The fourth-order valence-electron chi connectivity index (χ4n) is 14.8. The molecule has 0 aromatic carbocycles. The zero-order valence-corrected chi connectivity index (χ0v) is 78.8. The molecule has 14 heteroatoms. The van der Waals surface area contributed by atoms with Crippen LogP contribution in [0.25, 0.3) is 0 Å². The second-order valence-electron chi connectivity index (χ2n) is 46.3. The van der Waals surface area contributed by atoms with E-state index in [1.807, 2.05) is 0 Å². The second-order valence-corrected chi connectivity index (χ2v) is 46.3. The lowest BCUT2D eigenvalue weighted by Gasteiger charge is -2.44. The van der Waals surface area contributed by atoms with E-state index in [1.54, 1.807) is 0 Å². The molecule has 0 atom stereocenters. The summed E-state index contributed by atoms with van der Waals surface area (Å²) in [6.07, 6.45) is 12.3. The highest BCUT2D eigenvalue weighted by Gasteiger charge is 2.35. The molecule has 636 valence electrons. The molecule has 14 nitrogen and oxygen atoms in total. The van der Waals surface area contributed by atoms with E-state index in [9.17, 15) is 0 Å². The number of piperidine rings is 4. The van der Waals surface area contributed by atoms with Crippen LogP contribution in [0.4, 0.5) is 0 Å². The van der Waals surface area contributed by atoms with Crippen molar-refractivity contribution in [3.8, 4) is 0 Å². The quantitative estimate of drug-likeness (QED) is 0.101. The van der Waals surface area contributed by atoms with Crippen LogP contribution >= 0.6 is 0 Å². The minimum absolute atomic E-state index is 0.00370. The lowest BCUT2D eigenvalue weighted by molar-refractivity contribution is -0.0194. The number of nitrogens with zero attached hydrogens (tertiary/aromatic N) is 8. The molecule has 106 heavy (non-hydrogen) atoms. The molecule has 6 aliphatic rings. The van der Waals surface area contributed by atoms with Crippen LogP contribution in [0.2, 0.25) is 0 Å². The smallest absolute Gasteiger partial charge is 0.0600 e. The van der Waals surface area contributed by atoms with Gasteiger partial charge in [-0.1, -0.05) is 145 Å². The maximum Gasteiger partial charge on any atom is 0.0600 e. The molecule has 0 amide bonds. The number of hydrogen-bond acceptors (Lipinski definition) is 14. The van der Waals surface area contributed by atoms with Crippen molar-refractivity contribution in [2.24, 2.45) is 61.6 Å². The highest BCUT2D eigenvalue weighted by atomic mass is 16.5. The van der Waals surface area contributed by atoms with Gasteiger partial charge in [0.25, 0.3) is 0 Å². The van der Waals surface area contributed by atoms with Crippen LogP contribution in [0.5, 0.6) is 0 Å². The van der Waals surface area contributed by atoms with Gasteiger partial charge in [-0.2, -0.15) is 0 Å². The summed E-state index contributed by atoms with van der Waals surface area (Å²) in [5.74, 6) is 3.65. The fraction of sp³-hybridized carbons (Fsp3) is 1.00. The Kier molecular flexibility index (Phi) is 46.3. The average molecular weight is 1500 g/mol. The topological polar surface area (TPSA) is 86.9 Å². The number of rotatable bonds is 22. The Bertz CT molecular complexity index is 2010. The lowest BCUT2D eigenvalue weighted by atomic mass is 9.75. The second kappa shape index (κ2) is 47.5. The van der Waals surface area contributed by atoms with Gasteiger partial charge < -0.3 is 44.3 Å². The number of hydrogen-bond donors (Lipinski definition) is 2. The monoisotopic (exact) mass is 1500 g/mol. The molecule has 0 aromatic heterocycles. The molecule has 6 rings (SSSR count). The molecule has 6 heterocycles. The summed E-state index contributed by atoms with van der Waals surface area (Å²) in [4.78, 5) is 20.5. The Morgan fingerprint density at radius 2 is 0.538 bits per heavy atom. The molecule has 0 aliphatic carbocycles. The van der Waals surface area contributed by atoms with E-state index >= 15 is 0 Å². The molecule has 6 aliphatic heterocycles. The molecule has 0 bridgehead atoms. The molecule has 0 radical (unpaired) electrons. The predicted molar refractivity (Wildman–Crippen MR) is 467 cm³/mol. The van der Waals surface area contributed by atoms with Gasteiger partial charge in [-0.3, -0.25) is 24.5 Å². The van der Waals surface area contributed by atoms with Crippen LogP contribution in [0.15, 0.2) is 0 Å². The van der Waals surface area contributed by atoms with Gasteiger partial charge >= 0.3 is 0 Å². The molecule has 0 aromatic rings. The van der Waals surface area contributed by atoms with Crippen LogP contribution in [0.3, 0.4) is 0 Å². The third-order valence-electron chi connectivity index (χ3n) is 22.5. The molecule has 6 fully saturated rings. The number of ether oxygens (including phenoxy) is 4. The Morgan fingerprint density at radius 1 is 0.274 bits per heavy atom. The lowest BCUT2D eigenvalue weighted by Crippen LogP contribution is -2.49. The van der Waals surface area contributed by atoms with Gasteiger partial charge in [0, 0.05) is 122 Å². The average Bonchev–Trinajstić information content (AvgIpc) is 0.840. The van der Waals surface area contributed by atoms with E-state index in [1.165, 1.54) is 156 Å². The first-order valence-electron chi connectivity index (χ1n) is 43.8. The first-order chi connectivity index (χ1) is 48.1. The summed E-state index contributed by atoms with van der Waals surface area (Å²) < 4.78 is 23.1. The normalized spacial score (nSPS) is 20.5.